The largest absolute Gasteiger partial charge is 0.332 e. The lowest BCUT2D eigenvalue weighted by atomic mass is 9.89. The third kappa shape index (κ3) is 4.85. The first kappa shape index (κ1) is 20.0. The Balaban J connectivity index is 1.35. The van der Waals surface area contributed by atoms with Gasteiger partial charge in [0.2, 0.25) is 5.91 Å². The SMILES string of the molecule is CC(C(=O)N1CCNCC1c1cccnc1)N1CCC(Cc2ccccc2)CC1. The van der Waals surface area contributed by atoms with Crippen LogP contribution in [0.15, 0.2) is 54.9 Å². The Morgan fingerprint density at radius 2 is 1.93 bits per heavy atom. The van der Waals surface area contributed by atoms with Crippen LogP contribution in [0.3, 0.4) is 0 Å². The highest BCUT2D eigenvalue weighted by molar-refractivity contribution is 5.82. The number of rotatable bonds is 5. The van der Waals surface area contributed by atoms with E-state index in [9.17, 15) is 4.79 Å². The number of aromatic nitrogens is 1. The van der Waals surface area contributed by atoms with Crippen LogP contribution in [0, 0.1) is 5.92 Å². The lowest BCUT2D eigenvalue weighted by Crippen LogP contribution is -2.55. The third-order valence-electron chi connectivity index (χ3n) is 6.52. The first-order chi connectivity index (χ1) is 14.2. The maximum absolute atomic E-state index is 13.4. The monoisotopic (exact) mass is 392 g/mol. The van der Waals surface area contributed by atoms with Crippen LogP contribution < -0.4 is 5.32 Å². The maximum atomic E-state index is 13.4. The topological polar surface area (TPSA) is 48.5 Å². The predicted molar refractivity (Wildman–Crippen MR) is 115 cm³/mol. The van der Waals surface area contributed by atoms with E-state index in [0.717, 1.165) is 50.6 Å². The zero-order valence-corrected chi connectivity index (χ0v) is 17.3. The smallest absolute Gasteiger partial charge is 0.240 e. The lowest BCUT2D eigenvalue weighted by molar-refractivity contribution is -0.140. The quantitative estimate of drug-likeness (QED) is 0.850. The minimum atomic E-state index is -0.0649. The molecule has 2 atom stereocenters. The van der Waals surface area contributed by atoms with Gasteiger partial charge in [-0.15, -0.1) is 0 Å². The third-order valence-corrected chi connectivity index (χ3v) is 6.52. The van der Waals surface area contributed by atoms with Gasteiger partial charge in [0.05, 0.1) is 12.1 Å². The second kappa shape index (κ2) is 9.51. The van der Waals surface area contributed by atoms with Crippen LogP contribution in [0.1, 0.15) is 36.9 Å². The highest BCUT2D eigenvalue weighted by atomic mass is 16.2. The average Bonchev–Trinajstić information content (AvgIpc) is 2.80. The zero-order valence-electron chi connectivity index (χ0n) is 17.3. The molecular weight excluding hydrogens is 360 g/mol. The van der Waals surface area contributed by atoms with Gasteiger partial charge < -0.3 is 10.2 Å². The van der Waals surface area contributed by atoms with Gasteiger partial charge in [0.15, 0.2) is 0 Å². The summed E-state index contributed by atoms with van der Waals surface area (Å²) in [6.45, 7) is 6.51. The molecular formula is C24H32N4O. The molecule has 5 nitrogen and oxygen atoms in total. The van der Waals surface area contributed by atoms with E-state index in [0.29, 0.717) is 0 Å². The van der Waals surface area contributed by atoms with Gasteiger partial charge in [0.1, 0.15) is 0 Å². The van der Waals surface area contributed by atoms with Crippen molar-refractivity contribution in [1.29, 1.82) is 0 Å². The number of nitrogens with zero attached hydrogens (tertiary/aromatic N) is 3. The van der Waals surface area contributed by atoms with Gasteiger partial charge in [-0.3, -0.25) is 14.7 Å². The summed E-state index contributed by atoms with van der Waals surface area (Å²) < 4.78 is 0. The van der Waals surface area contributed by atoms with Crippen LogP contribution in [0.2, 0.25) is 0 Å². The fourth-order valence-electron chi connectivity index (χ4n) is 4.73. The maximum Gasteiger partial charge on any atom is 0.240 e. The number of pyridine rings is 1. The molecule has 1 aromatic carbocycles. The van der Waals surface area contributed by atoms with E-state index in [1.54, 1.807) is 6.20 Å². The van der Waals surface area contributed by atoms with Crippen LogP contribution >= 0.6 is 0 Å². The van der Waals surface area contributed by atoms with Crippen LogP contribution in [0.4, 0.5) is 0 Å². The van der Waals surface area contributed by atoms with Gasteiger partial charge >= 0.3 is 0 Å². The average molecular weight is 393 g/mol. The zero-order chi connectivity index (χ0) is 20.1. The van der Waals surface area contributed by atoms with Gasteiger partial charge in [-0.2, -0.15) is 0 Å². The van der Waals surface area contributed by atoms with Gasteiger partial charge in [-0.1, -0.05) is 36.4 Å². The summed E-state index contributed by atoms with van der Waals surface area (Å²) in [6, 6.07) is 14.8. The molecule has 2 aromatic rings. The van der Waals surface area contributed by atoms with Crippen LogP contribution in [0.25, 0.3) is 0 Å². The van der Waals surface area contributed by atoms with Gasteiger partial charge in [-0.25, -0.2) is 0 Å². The molecule has 5 heteroatoms. The molecule has 1 amide bonds. The molecule has 2 unspecified atom stereocenters. The fraction of sp³-hybridized carbons (Fsp3) is 0.500. The number of benzene rings is 1. The van der Waals surface area contributed by atoms with Crippen molar-refractivity contribution < 1.29 is 4.79 Å². The Kier molecular flexibility index (Phi) is 6.57. The Labute approximate surface area is 174 Å². The predicted octanol–water partition coefficient (Wildman–Crippen LogP) is 2.90. The van der Waals surface area contributed by atoms with E-state index < -0.39 is 0 Å². The molecule has 154 valence electrons. The molecule has 3 heterocycles. The van der Waals surface area contributed by atoms with Crippen LogP contribution in [-0.2, 0) is 11.2 Å². The molecule has 0 bridgehead atoms. The minimum absolute atomic E-state index is 0.0649. The van der Waals surface area contributed by atoms with Crippen molar-refractivity contribution in [2.24, 2.45) is 5.92 Å². The number of likely N-dealkylation sites (tertiary alicyclic amines) is 1. The Morgan fingerprint density at radius 3 is 2.66 bits per heavy atom. The van der Waals surface area contributed by atoms with Crippen molar-refractivity contribution >= 4 is 5.91 Å². The standard InChI is InChI=1S/C24H32N4O/c1-19(27-13-9-21(10-14-27)16-20-6-3-2-4-7-20)24(29)28-15-12-26-18-23(28)22-8-5-11-25-17-22/h2-8,11,17,19,21,23,26H,9-10,12-16,18H2,1H3. The summed E-state index contributed by atoms with van der Waals surface area (Å²) in [7, 11) is 0. The molecule has 29 heavy (non-hydrogen) atoms. The number of amides is 1. The van der Waals surface area contributed by atoms with E-state index in [4.69, 9.17) is 0 Å². The molecule has 0 radical (unpaired) electrons. The molecule has 2 aliphatic rings. The second-order valence-corrected chi connectivity index (χ2v) is 8.38. The van der Waals surface area contributed by atoms with Crippen molar-refractivity contribution in [3.63, 3.8) is 0 Å². The number of piperazine rings is 1. The number of hydrogen-bond acceptors (Lipinski definition) is 4. The molecule has 0 aliphatic carbocycles. The molecule has 2 fully saturated rings. The summed E-state index contributed by atoms with van der Waals surface area (Å²) in [5.74, 6) is 0.972. The Morgan fingerprint density at radius 1 is 1.14 bits per heavy atom. The summed E-state index contributed by atoms with van der Waals surface area (Å²) >= 11 is 0. The first-order valence-electron chi connectivity index (χ1n) is 10.9. The summed E-state index contributed by atoms with van der Waals surface area (Å²) in [5.41, 5.74) is 2.54. The summed E-state index contributed by atoms with van der Waals surface area (Å²) in [4.78, 5) is 22.1. The lowest BCUT2D eigenvalue weighted by Gasteiger charge is -2.41. The first-order valence-corrected chi connectivity index (χ1v) is 10.9. The highest BCUT2D eigenvalue weighted by Crippen LogP contribution is 2.26. The molecule has 1 N–H and O–H groups in total. The molecule has 2 aliphatic heterocycles. The fourth-order valence-corrected chi connectivity index (χ4v) is 4.73. The highest BCUT2D eigenvalue weighted by Gasteiger charge is 2.34. The molecule has 2 saturated heterocycles. The number of hydrogen-bond donors (Lipinski definition) is 1. The van der Waals surface area contributed by atoms with Gasteiger partial charge in [0.25, 0.3) is 0 Å². The summed E-state index contributed by atoms with van der Waals surface area (Å²) in [5, 5.41) is 3.43. The van der Waals surface area contributed by atoms with Crippen molar-refractivity contribution in [2.75, 3.05) is 32.7 Å². The van der Waals surface area contributed by atoms with Crippen LogP contribution in [0.5, 0.6) is 0 Å². The van der Waals surface area contributed by atoms with E-state index in [-0.39, 0.29) is 18.0 Å². The van der Waals surface area contributed by atoms with Gasteiger partial charge in [0, 0.05) is 32.0 Å². The van der Waals surface area contributed by atoms with E-state index >= 15 is 0 Å². The Hall–Kier alpha value is -2.24. The van der Waals surface area contributed by atoms with E-state index in [2.05, 4.69) is 63.4 Å². The van der Waals surface area contributed by atoms with Crippen molar-refractivity contribution in [1.82, 2.24) is 20.1 Å². The number of piperidine rings is 1. The van der Waals surface area contributed by atoms with Crippen LogP contribution in [-0.4, -0.2) is 59.5 Å². The number of nitrogens with one attached hydrogen (secondary N) is 1. The van der Waals surface area contributed by atoms with Crippen molar-refractivity contribution in [3.8, 4) is 0 Å². The van der Waals surface area contributed by atoms with E-state index in [1.807, 2.05) is 12.3 Å². The molecule has 0 spiro atoms. The number of carbonyl (C=O) groups excluding carboxylic acids is 1. The number of carbonyl (C=O) groups is 1. The normalized spacial score (nSPS) is 22.4. The Bertz CT molecular complexity index is 774. The van der Waals surface area contributed by atoms with Crippen molar-refractivity contribution in [2.45, 2.75) is 38.3 Å². The summed E-state index contributed by atoms with van der Waals surface area (Å²) in [6.07, 6.45) is 7.16. The molecule has 4 rings (SSSR count). The minimum Gasteiger partial charge on any atom is -0.332 e. The second-order valence-electron chi connectivity index (χ2n) is 8.38. The van der Waals surface area contributed by atoms with E-state index in [1.165, 1.54) is 18.4 Å². The molecule has 0 saturated carbocycles. The van der Waals surface area contributed by atoms with Crippen molar-refractivity contribution in [3.05, 3.63) is 66.0 Å². The molecule has 1 aromatic heterocycles. The van der Waals surface area contributed by atoms with Gasteiger partial charge in [-0.05, 0) is 62.4 Å².